The second kappa shape index (κ2) is 3.91. The molecule has 0 aliphatic rings. The number of hydrogen-bond donors (Lipinski definition) is 3. The number of nitrogens with zero attached hydrogens (tertiary/aromatic N) is 1. The van der Waals surface area contributed by atoms with Crippen LogP contribution in [0.25, 0.3) is 0 Å². The van der Waals surface area contributed by atoms with Crippen LogP contribution in [0.2, 0.25) is 0 Å². The Bertz CT molecular complexity index is 498. The van der Waals surface area contributed by atoms with E-state index in [-0.39, 0.29) is 5.56 Å². The Labute approximate surface area is 87.4 Å². The maximum absolute atomic E-state index is 11.0. The first kappa shape index (κ1) is 11.5. The van der Waals surface area contributed by atoms with Gasteiger partial charge in [-0.3, -0.25) is 0 Å². The number of carboxylic acids is 1. The summed E-state index contributed by atoms with van der Waals surface area (Å²) in [5, 5.41) is 17.2. The number of carbonyl (C=O) groups is 1. The fraction of sp³-hybridized carbons (Fsp3) is 0. The summed E-state index contributed by atoms with van der Waals surface area (Å²) in [6, 6.07) is 4.79. The summed E-state index contributed by atoms with van der Waals surface area (Å²) in [5.41, 5.74) is -0.457. The van der Waals surface area contributed by atoms with E-state index in [0.717, 1.165) is 12.1 Å². The molecule has 0 aliphatic heterocycles. The first-order valence-electron chi connectivity index (χ1n) is 3.70. The van der Waals surface area contributed by atoms with Gasteiger partial charge in [-0.05, 0) is 0 Å². The minimum atomic E-state index is -5.31. The van der Waals surface area contributed by atoms with Crippen molar-refractivity contribution >= 4 is 24.5 Å². The van der Waals surface area contributed by atoms with E-state index in [4.69, 9.17) is 18.6 Å². The molecule has 1 aromatic carbocycles. The van der Waals surface area contributed by atoms with Crippen LogP contribution in [0.3, 0.4) is 0 Å². The Hall–Kier alpha value is -1.54. The predicted molar refractivity (Wildman–Crippen MR) is 48.6 cm³/mol. The SMILES string of the molecule is N#Cc1ccc(C(=O)O)c([As](=O)(O)O)c1. The van der Waals surface area contributed by atoms with Crippen LogP contribution in [0.4, 0.5) is 0 Å². The molecule has 0 aliphatic carbocycles. The van der Waals surface area contributed by atoms with Crippen LogP contribution in [0.5, 0.6) is 0 Å². The Morgan fingerprint density at radius 2 is 2.00 bits per heavy atom. The molecule has 0 amide bonds. The quantitative estimate of drug-likeness (QED) is 0.582. The molecular formula is C8H6AsNO5. The number of nitriles is 1. The van der Waals surface area contributed by atoms with Crippen LogP contribution in [-0.2, 0) is 3.74 Å². The van der Waals surface area contributed by atoms with E-state index in [0.29, 0.717) is 0 Å². The topological polar surface area (TPSA) is 119 Å². The van der Waals surface area contributed by atoms with Gasteiger partial charge in [-0.15, -0.1) is 0 Å². The molecule has 0 saturated heterocycles. The molecule has 3 N–H and O–H groups in total. The summed E-state index contributed by atoms with van der Waals surface area (Å²) in [6.45, 7) is 0. The molecular weight excluding hydrogens is 265 g/mol. The Morgan fingerprint density at radius 1 is 1.40 bits per heavy atom. The van der Waals surface area contributed by atoms with Gasteiger partial charge in [0.1, 0.15) is 0 Å². The molecule has 0 heterocycles. The summed E-state index contributed by atoms with van der Waals surface area (Å²) in [6.07, 6.45) is 0. The molecule has 78 valence electrons. The van der Waals surface area contributed by atoms with E-state index in [9.17, 15) is 8.53 Å². The first-order valence-corrected chi connectivity index (χ1v) is 7.08. The van der Waals surface area contributed by atoms with Crippen molar-refractivity contribution in [1.29, 1.82) is 5.26 Å². The van der Waals surface area contributed by atoms with Gasteiger partial charge in [0.25, 0.3) is 0 Å². The second-order valence-corrected chi connectivity index (χ2v) is 5.99. The molecule has 0 spiro atoms. The zero-order chi connectivity index (χ0) is 11.6. The van der Waals surface area contributed by atoms with Crippen molar-refractivity contribution in [3.8, 4) is 6.07 Å². The number of carboxylic acid groups (broad SMARTS) is 1. The number of rotatable bonds is 2. The van der Waals surface area contributed by atoms with Crippen molar-refractivity contribution in [3.05, 3.63) is 29.3 Å². The minimum absolute atomic E-state index is 0.0136. The molecule has 7 heteroatoms. The number of hydrogen-bond acceptors (Lipinski definition) is 3. The van der Waals surface area contributed by atoms with Crippen LogP contribution in [0, 0.1) is 11.3 Å². The van der Waals surface area contributed by atoms with Crippen LogP contribution >= 0.6 is 0 Å². The van der Waals surface area contributed by atoms with Crippen LogP contribution < -0.4 is 4.35 Å². The number of aromatic carboxylic acids is 1. The summed E-state index contributed by atoms with van der Waals surface area (Å²) in [7, 11) is 0. The summed E-state index contributed by atoms with van der Waals surface area (Å²) in [4.78, 5) is 10.7. The summed E-state index contributed by atoms with van der Waals surface area (Å²) in [5.74, 6) is -1.43. The van der Waals surface area contributed by atoms with Crippen LogP contribution in [-0.4, -0.2) is 33.4 Å². The van der Waals surface area contributed by atoms with Crippen molar-refractivity contribution < 1.29 is 21.8 Å². The molecule has 0 fully saturated rings. The monoisotopic (exact) mass is 271 g/mol. The maximum atomic E-state index is 11.0. The van der Waals surface area contributed by atoms with Crippen molar-refractivity contribution in [2.24, 2.45) is 0 Å². The molecule has 0 atom stereocenters. The van der Waals surface area contributed by atoms with E-state index < -0.39 is 30.1 Å². The van der Waals surface area contributed by atoms with Gasteiger partial charge in [0.05, 0.1) is 0 Å². The van der Waals surface area contributed by atoms with E-state index in [1.165, 1.54) is 6.07 Å². The summed E-state index contributed by atoms with van der Waals surface area (Å²) >= 11 is -5.31. The van der Waals surface area contributed by atoms with Gasteiger partial charge in [-0.25, -0.2) is 0 Å². The Kier molecular flexibility index (Phi) is 3.00. The van der Waals surface area contributed by atoms with Gasteiger partial charge in [0.15, 0.2) is 0 Å². The van der Waals surface area contributed by atoms with Gasteiger partial charge in [0, 0.05) is 0 Å². The second-order valence-electron chi connectivity index (χ2n) is 2.69. The third-order valence-electron chi connectivity index (χ3n) is 1.67. The van der Waals surface area contributed by atoms with E-state index in [1.54, 1.807) is 6.07 Å². The van der Waals surface area contributed by atoms with Crippen molar-refractivity contribution in [3.63, 3.8) is 0 Å². The Morgan fingerprint density at radius 3 is 2.40 bits per heavy atom. The third-order valence-corrected chi connectivity index (χ3v) is 3.76. The van der Waals surface area contributed by atoms with Gasteiger partial charge in [0.2, 0.25) is 0 Å². The van der Waals surface area contributed by atoms with E-state index in [2.05, 4.69) is 0 Å². The summed E-state index contributed by atoms with van der Waals surface area (Å²) < 4.78 is 28.3. The fourth-order valence-corrected chi connectivity index (χ4v) is 2.68. The first-order chi connectivity index (χ1) is 6.86. The van der Waals surface area contributed by atoms with Gasteiger partial charge >= 0.3 is 87.0 Å². The van der Waals surface area contributed by atoms with Crippen molar-refractivity contribution in [2.45, 2.75) is 0 Å². The van der Waals surface area contributed by atoms with Crippen LogP contribution in [0.1, 0.15) is 15.9 Å². The standard InChI is InChI=1S/C8H6AsNO5/c10-4-5-1-2-6(8(11)12)7(3-5)9(13,14)15/h1-3H,(H,11,12)(H2,13,14,15). The normalized spacial score (nSPS) is 10.7. The third kappa shape index (κ3) is 2.48. The fourth-order valence-electron chi connectivity index (χ4n) is 1.02. The molecule has 0 radical (unpaired) electrons. The molecule has 6 nitrogen and oxygen atoms in total. The zero-order valence-corrected chi connectivity index (χ0v) is 9.16. The number of benzene rings is 1. The average Bonchev–Trinajstić information content (AvgIpc) is 2.15. The van der Waals surface area contributed by atoms with Gasteiger partial charge < -0.3 is 0 Å². The van der Waals surface area contributed by atoms with Crippen molar-refractivity contribution in [1.82, 2.24) is 0 Å². The predicted octanol–water partition coefficient (Wildman–Crippen LogP) is -1.18. The van der Waals surface area contributed by atoms with Gasteiger partial charge in [-0.2, -0.15) is 0 Å². The molecule has 0 aromatic heterocycles. The molecule has 1 aromatic rings. The van der Waals surface area contributed by atoms with Crippen LogP contribution in [0.15, 0.2) is 18.2 Å². The van der Waals surface area contributed by atoms with E-state index >= 15 is 0 Å². The zero-order valence-electron chi connectivity index (χ0n) is 7.28. The molecule has 0 unspecified atom stereocenters. The van der Waals surface area contributed by atoms with Gasteiger partial charge in [-0.1, -0.05) is 0 Å². The Balaban J connectivity index is 3.51. The molecule has 0 saturated carbocycles. The average molecular weight is 271 g/mol. The molecule has 1 rings (SSSR count). The molecule has 15 heavy (non-hydrogen) atoms. The van der Waals surface area contributed by atoms with E-state index in [1.807, 2.05) is 0 Å². The molecule has 0 bridgehead atoms. The van der Waals surface area contributed by atoms with Crippen molar-refractivity contribution in [2.75, 3.05) is 0 Å².